The van der Waals surface area contributed by atoms with E-state index >= 15 is 0 Å². The SMILES string of the molecule is O/C(=C\c1cc(C(F)(F)F)nc(-c2ccccc2)n1)C(F)(F)F. The summed E-state index contributed by atoms with van der Waals surface area (Å²) in [6.07, 6.45) is -9.84. The van der Waals surface area contributed by atoms with E-state index in [0.717, 1.165) is 0 Å². The molecule has 0 aliphatic carbocycles. The summed E-state index contributed by atoms with van der Waals surface area (Å²) in [4.78, 5) is 6.94. The van der Waals surface area contributed by atoms with Crippen molar-refractivity contribution >= 4 is 6.08 Å². The van der Waals surface area contributed by atoms with Crippen molar-refractivity contribution in [2.24, 2.45) is 0 Å². The molecular formula is C14H8F6N2O. The standard InChI is InChI=1S/C14H8F6N2O/c15-13(16,17)10-6-9(7-11(23)14(18,19)20)21-12(22-10)8-4-2-1-3-5-8/h1-7,23H/b11-7-. The maximum atomic E-state index is 12.8. The Balaban J connectivity index is 2.60. The van der Waals surface area contributed by atoms with Crippen LogP contribution in [0.4, 0.5) is 26.3 Å². The monoisotopic (exact) mass is 334 g/mol. The van der Waals surface area contributed by atoms with Gasteiger partial charge in [0.15, 0.2) is 11.6 Å². The highest BCUT2D eigenvalue weighted by atomic mass is 19.4. The Kier molecular flexibility index (Phi) is 4.31. The van der Waals surface area contributed by atoms with Crippen LogP contribution in [0.2, 0.25) is 0 Å². The molecule has 0 saturated carbocycles. The number of hydrogen-bond acceptors (Lipinski definition) is 3. The second-order valence-corrected chi connectivity index (χ2v) is 4.39. The molecule has 0 radical (unpaired) electrons. The topological polar surface area (TPSA) is 46.0 Å². The number of halogens is 6. The van der Waals surface area contributed by atoms with Gasteiger partial charge in [0.1, 0.15) is 5.69 Å². The molecule has 1 aromatic heterocycles. The van der Waals surface area contributed by atoms with E-state index in [1.165, 1.54) is 24.3 Å². The van der Waals surface area contributed by atoms with Gasteiger partial charge in [0.25, 0.3) is 0 Å². The Morgan fingerprint density at radius 3 is 2.09 bits per heavy atom. The van der Waals surface area contributed by atoms with Crippen molar-refractivity contribution in [3.05, 3.63) is 53.5 Å². The average molecular weight is 334 g/mol. The predicted molar refractivity (Wildman–Crippen MR) is 69.1 cm³/mol. The summed E-state index contributed by atoms with van der Waals surface area (Å²) in [5.41, 5.74) is -1.92. The number of alkyl halides is 6. The average Bonchev–Trinajstić information content (AvgIpc) is 2.46. The zero-order valence-corrected chi connectivity index (χ0v) is 11.2. The van der Waals surface area contributed by atoms with Gasteiger partial charge in [-0.15, -0.1) is 0 Å². The van der Waals surface area contributed by atoms with Gasteiger partial charge in [-0.05, 0) is 6.07 Å². The van der Waals surface area contributed by atoms with Crippen LogP contribution in [0, 0.1) is 0 Å². The summed E-state index contributed by atoms with van der Waals surface area (Å²) in [6, 6.07) is 7.78. The minimum atomic E-state index is -5.09. The molecule has 0 aliphatic rings. The van der Waals surface area contributed by atoms with Crippen molar-refractivity contribution in [1.82, 2.24) is 9.97 Å². The van der Waals surface area contributed by atoms with E-state index in [2.05, 4.69) is 9.97 Å². The highest BCUT2D eigenvalue weighted by Gasteiger charge is 2.36. The summed E-state index contributed by atoms with van der Waals surface area (Å²) in [5, 5.41) is 8.89. The Labute approximate surface area is 125 Å². The molecular weight excluding hydrogens is 326 g/mol. The molecule has 1 heterocycles. The van der Waals surface area contributed by atoms with Gasteiger partial charge < -0.3 is 5.11 Å². The van der Waals surface area contributed by atoms with Gasteiger partial charge in [-0.25, -0.2) is 9.97 Å². The molecule has 0 unspecified atom stereocenters. The number of hydrogen-bond donors (Lipinski definition) is 1. The molecule has 0 saturated heterocycles. The zero-order chi connectivity index (χ0) is 17.3. The van der Waals surface area contributed by atoms with Gasteiger partial charge in [-0.1, -0.05) is 30.3 Å². The third-order valence-corrected chi connectivity index (χ3v) is 2.64. The third-order valence-electron chi connectivity index (χ3n) is 2.64. The lowest BCUT2D eigenvalue weighted by Gasteiger charge is -2.10. The van der Waals surface area contributed by atoms with E-state index in [-0.39, 0.29) is 11.6 Å². The first-order valence-corrected chi connectivity index (χ1v) is 6.07. The summed E-state index contributed by atoms with van der Waals surface area (Å²) in [5.74, 6) is -2.45. The predicted octanol–water partition coefficient (Wildman–Crippen LogP) is 4.62. The van der Waals surface area contributed by atoms with Crippen LogP contribution in [0.3, 0.4) is 0 Å². The summed E-state index contributed by atoms with van der Waals surface area (Å²) < 4.78 is 75.4. The first-order chi connectivity index (χ1) is 10.6. The summed E-state index contributed by atoms with van der Waals surface area (Å²) in [6.45, 7) is 0. The number of aliphatic hydroxyl groups is 1. The van der Waals surface area contributed by atoms with Gasteiger partial charge in [0.2, 0.25) is 0 Å². The highest BCUT2D eigenvalue weighted by molar-refractivity contribution is 5.58. The van der Waals surface area contributed by atoms with Crippen molar-refractivity contribution in [3.63, 3.8) is 0 Å². The fourth-order valence-electron chi connectivity index (χ4n) is 1.62. The van der Waals surface area contributed by atoms with Crippen LogP contribution < -0.4 is 0 Å². The van der Waals surface area contributed by atoms with E-state index in [0.29, 0.717) is 6.07 Å². The smallest absolute Gasteiger partial charge is 0.448 e. The van der Waals surface area contributed by atoms with E-state index in [1.54, 1.807) is 6.07 Å². The van der Waals surface area contributed by atoms with E-state index in [1.807, 2.05) is 0 Å². The lowest BCUT2D eigenvalue weighted by molar-refractivity contribution is -0.141. The van der Waals surface area contributed by atoms with E-state index < -0.39 is 35.3 Å². The summed E-state index contributed by atoms with van der Waals surface area (Å²) in [7, 11) is 0. The number of allylic oxidation sites excluding steroid dienone is 1. The van der Waals surface area contributed by atoms with Crippen LogP contribution in [0.1, 0.15) is 11.4 Å². The van der Waals surface area contributed by atoms with Crippen molar-refractivity contribution in [2.75, 3.05) is 0 Å². The van der Waals surface area contributed by atoms with Crippen molar-refractivity contribution in [1.29, 1.82) is 0 Å². The molecule has 3 nitrogen and oxygen atoms in total. The molecule has 0 atom stereocenters. The van der Waals surface area contributed by atoms with Crippen molar-refractivity contribution in [2.45, 2.75) is 12.4 Å². The molecule has 0 aliphatic heterocycles. The number of rotatable bonds is 2. The quantitative estimate of drug-likeness (QED) is 0.644. The fraction of sp³-hybridized carbons (Fsp3) is 0.143. The molecule has 122 valence electrons. The molecule has 0 amide bonds. The Bertz CT molecular complexity index is 722. The molecule has 23 heavy (non-hydrogen) atoms. The van der Waals surface area contributed by atoms with Gasteiger partial charge in [-0.3, -0.25) is 0 Å². The normalized spacial score (nSPS) is 13.2. The van der Waals surface area contributed by atoms with Crippen LogP contribution in [0.15, 0.2) is 42.2 Å². The fourth-order valence-corrected chi connectivity index (χ4v) is 1.62. The maximum Gasteiger partial charge on any atom is 0.448 e. The lowest BCUT2D eigenvalue weighted by atomic mass is 10.2. The minimum absolute atomic E-state index is 0.114. The molecule has 0 fully saturated rings. The third kappa shape index (κ3) is 4.21. The van der Waals surface area contributed by atoms with Gasteiger partial charge >= 0.3 is 12.4 Å². The van der Waals surface area contributed by atoms with Crippen LogP contribution in [-0.4, -0.2) is 21.3 Å². The minimum Gasteiger partial charge on any atom is -0.504 e. The van der Waals surface area contributed by atoms with E-state index in [4.69, 9.17) is 5.11 Å². The second-order valence-electron chi connectivity index (χ2n) is 4.39. The largest absolute Gasteiger partial charge is 0.504 e. The maximum absolute atomic E-state index is 12.8. The van der Waals surface area contributed by atoms with Gasteiger partial charge in [0, 0.05) is 11.6 Å². The lowest BCUT2D eigenvalue weighted by Crippen LogP contribution is -2.13. The molecule has 9 heteroatoms. The van der Waals surface area contributed by atoms with Crippen LogP contribution in [0.25, 0.3) is 17.5 Å². The van der Waals surface area contributed by atoms with Gasteiger partial charge in [0.05, 0.1) is 5.69 Å². The van der Waals surface area contributed by atoms with Gasteiger partial charge in [-0.2, -0.15) is 26.3 Å². The second kappa shape index (κ2) is 5.90. The molecule has 0 bridgehead atoms. The number of nitrogens with zero attached hydrogens (tertiary/aromatic N) is 2. The van der Waals surface area contributed by atoms with Crippen LogP contribution in [-0.2, 0) is 6.18 Å². The number of aliphatic hydroxyl groups excluding tert-OH is 1. The molecule has 2 aromatic rings. The Hall–Kier alpha value is -2.58. The van der Waals surface area contributed by atoms with E-state index in [9.17, 15) is 26.3 Å². The van der Waals surface area contributed by atoms with Crippen molar-refractivity contribution < 1.29 is 31.4 Å². The Morgan fingerprint density at radius 1 is 0.957 bits per heavy atom. The number of benzene rings is 1. The Morgan fingerprint density at radius 2 is 1.57 bits per heavy atom. The molecule has 1 N–H and O–H groups in total. The van der Waals surface area contributed by atoms with Crippen LogP contribution >= 0.6 is 0 Å². The zero-order valence-electron chi connectivity index (χ0n) is 11.2. The molecule has 0 spiro atoms. The molecule has 2 rings (SSSR count). The summed E-state index contributed by atoms with van der Waals surface area (Å²) >= 11 is 0. The highest BCUT2D eigenvalue weighted by Crippen LogP contribution is 2.31. The van der Waals surface area contributed by atoms with Crippen LogP contribution in [0.5, 0.6) is 0 Å². The first kappa shape index (κ1) is 16.8. The van der Waals surface area contributed by atoms with Crippen molar-refractivity contribution in [3.8, 4) is 11.4 Å². The molecule has 1 aromatic carbocycles. The first-order valence-electron chi connectivity index (χ1n) is 6.07. The number of aromatic nitrogens is 2.